The summed E-state index contributed by atoms with van der Waals surface area (Å²) in [4.78, 5) is 4.22. The molecule has 2 rings (SSSR count). The lowest BCUT2D eigenvalue weighted by molar-refractivity contribution is 0.301. The van der Waals surface area contributed by atoms with E-state index in [1.54, 1.807) is 12.3 Å². The van der Waals surface area contributed by atoms with E-state index in [1.165, 1.54) is 5.56 Å². The number of pyridine rings is 1. The molecule has 2 aromatic rings. The van der Waals surface area contributed by atoms with Crippen molar-refractivity contribution in [2.24, 2.45) is 5.84 Å². The standard InChI is InChI=1S/C14H17N3O/c1-2-11-3-5-14(6-4-11)18-10-13-9-12(17-15)7-8-16-13/h3-9H,2,10,15H2,1H3,(H,16,17). The Morgan fingerprint density at radius 2 is 2.00 bits per heavy atom. The van der Waals surface area contributed by atoms with E-state index in [-0.39, 0.29) is 0 Å². The first kappa shape index (κ1) is 12.4. The zero-order valence-corrected chi connectivity index (χ0v) is 10.4. The van der Waals surface area contributed by atoms with Crippen LogP contribution < -0.4 is 16.0 Å². The number of aryl methyl sites for hydroxylation is 1. The maximum absolute atomic E-state index is 5.66. The van der Waals surface area contributed by atoms with Gasteiger partial charge in [0.1, 0.15) is 12.4 Å². The highest BCUT2D eigenvalue weighted by molar-refractivity contribution is 5.41. The fourth-order valence-corrected chi connectivity index (χ4v) is 1.63. The number of benzene rings is 1. The largest absolute Gasteiger partial charge is 0.487 e. The Kier molecular flexibility index (Phi) is 4.15. The number of hydrazine groups is 1. The van der Waals surface area contributed by atoms with Gasteiger partial charge in [-0.3, -0.25) is 10.8 Å². The third-order valence-electron chi connectivity index (χ3n) is 2.70. The number of anilines is 1. The molecule has 0 aliphatic heterocycles. The zero-order valence-electron chi connectivity index (χ0n) is 10.4. The van der Waals surface area contributed by atoms with Crippen molar-refractivity contribution in [2.45, 2.75) is 20.0 Å². The fraction of sp³-hybridized carbons (Fsp3) is 0.214. The van der Waals surface area contributed by atoms with E-state index < -0.39 is 0 Å². The smallest absolute Gasteiger partial charge is 0.130 e. The molecule has 1 aromatic carbocycles. The highest BCUT2D eigenvalue weighted by atomic mass is 16.5. The molecule has 0 aliphatic carbocycles. The molecule has 0 spiro atoms. The van der Waals surface area contributed by atoms with Gasteiger partial charge in [-0.05, 0) is 36.2 Å². The monoisotopic (exact) mass is 243 g/mol. The molecule has 0 saturated carbocycles. The van der Waals surface area contributed by atoms with Crippen molar-refractivity contribution in [3.05, 3.63) is 53.9 Å². The second kappa shape index (κ2) is 6.02. The molecular weight excluding hydrogens is 226 g/mol. The van der Waals surface area contributed by atoms with Gasteiger partial charge >= 0.3 is 0 Å². The number of nitrogen functional groups attached to an aromatic ring is 1. The van der Waals surface area contributed by atoms with Crippen LogP contribution in [0.3, 0.4) is 0 Å². The van der Waals surface area contributed by atoms with Crippen LogP contribution in [0.25, 0.3) is 0 Å². The van der Waals surface area contributed by atoms with Gasteiger partial charge < -0.3 is 10.2 Å². The molecule has 0 bridgehead atoms. The van der Waals surface area contributed by atoms with Gasteiger partial charge in [0.15, 0.2) is 0 Å². The molecule has 4 heteroatoms. The van der Waals surface area contributed by atoms with Crippen LogP contribution in [0.2, 0.25) is 0 Å². The van der Waals surface area contributed by atoms with E-state index in [0.717, 1.165) is 23.6 Å². The van der Waals surface area contributed by atoms with Gasteiger partial charge in [0.05, 0.1) is 11.4 Å². The van der Waals surface area contributed by atoms with Crippen molar-refractivity contribution in [3.63, 3.8) is 0 Å². The van der Waals surface area contributed by atoms with Gasteiger partial charge in [-0.1, -0.05) is 19.1 Å². The number of nitrogens with two attached hydrogens (primary N) is 1. The van der Waals surface area contributed by atoms with E-state index in [0.29, 0.717) is 6.61 Å². The molecule has 1 heterocycles. The molecule has 18 heavy (non-hydrogen) atoms. The summed E-state index contributed by atoms with van der Waals surface area (Å²) < 4.78 is 5.66. The van der Waals surface area contributed by atoms with Gasteiger partial charge in [-0.25, -0.2) is 0 Å². The lowest BCUT2D eigenvalue weighted by Crippen LogP contribution is -2.08. The summed E-state index contributed by atoms with van der Waals surface area (Å²) in [6.45, 7) is 2.56. The Hall–Kier alpha value is -2.07. The normalized spacial score (nSPS) is 10.1. The number of hydrogen-bond donors (Lipinski definition) is 2. The SMILES string of the molecule is CCc1ccc(OCc2cc(NN)ccn2)cc1. The van der Waals surface area contributed by atoms with Crippen LogP contribution in [0.5, 0.6) is 5.75 Å². The first-order chi connectivity index (χ1) is 8.81. The third-order valence-corrected chi connectivity index (χ3v) is 2.70. The minimum atomic E-state index is 0.432. The molecule has 0 atom stereocenters. The minimum Gasteiger partial charge on any atom is -0.487 e. The van der Waals surface area contributed by atoms with Crippen LogP contribution in [0, 0.1) is 0 Å². The zero-order chi connectivity index (χ0) is 12.8. The van der Waals surface area contributed by atoms with Gasteiger partial charge in [0, 0.05) is 6.20 Å². The van der Waals surface area contributed by atoms with Crippen LogP contribution in [0.15, 0.2) is 42.6 Å². The Bertz CT molecular complexity index is 497. The first-order valence-electron chi connectivity index (χ1n) is 5.95. The maximum atomic E-state index is 5.66. The van der Waals surface area contributed by atoms with E-state index >= 15 is 0 Å². The van der Waals surface area contributed by atoms with E-state index in [2.05, 4.69) is 29.5 Å². The maximum Gasteiger partial charge on any atom is 0.130 e. The summed E-state index contributed by atoms with van der Waals surface area (Å²) in [7, 11) is 0. The van der Waals surface area contributed by atoms with Gasteiger partial charge in [0.2, 0.25) is 0 Å². The molecule has 3 N–H and O–H groups in total. The molecule has 0 aliphatic rings. The third kappa shape index (κ3) is 3.21. The summed E-state index contributed by atoms with van der Waals surface area (Å²) >= 11 is 0. The van der Waals surface area contributed by atoms with Crippen LogP contribution in [0.4, 0.5) is 5.69 Å². The van der Waals surface area contributed by atoms with E-state index in [1.807, 2.05) is 18.2 Å². The second-order valence-electron chi connectivity index (χ2n) is 3.97. The van der Waals surface area contributed by atoms with Crippen LogP contribution in [-0.4, -0.2) is 4.98 Å². The number of nitrogens with one attached hydrogen (secondary N) is 1. The highest BCUT2D eigenvalue weighted by Gasteiger charge is 1.99. The molecular formula is C14H17N3O. The predicted octanol–water partition coefficient (Wildman–Crippen LogP) is 2.51. The van der Waals surface area contributed by atoms with Gasteiger partial charge in [0.25, 0.3) is 0 Å². The van der Waals surface area contributed by atoms with Crippen molar-refractivity contribution in [1.82, 2.24) is 4.98 Å². The molecule has 1 aromatic heterocycles. The average molecular weight is 243 g/mol. The Labute approximate surface area is 107 Å². The molecule has 0 saturated heterocycles. The summed E-state index contributed by atoms with van der Waals surface area (Å²) in [5.74, 6) is 6.19. The topological polar surface area (TPSA) is 60.2 Å². The van der Waals surface area contributed by atoms with Crippen LogP contribution >= 0.6 is 0 Å². The molecule has 0 fully saturated rings. The van der Waals surface area contributed by atoms with Crippen molar-refractivity contribution >= 4 is 5.69 Å². The van der Waals surface area contributed by atoms with Crippen molar-refractivity contribution in [1.29, 1.82) is 0 Å². The van der Waals surface area contributed by atoms with E-state index in [4.69, 9.17) is 10.6 Å². The lowest BCUT2D eigenvalue weighted by atomic mass is 10.2. The van der Waals surface area contributed by atoms with Gasteiger partial charge in [-0.15, -0.1) is 0 Å². The summed E-state index contributed by atoms with van der Waals surface area (Å²) in [6.07, 6.45) is 2.74. The van der Waals surface area contributed by atoms with E-state index in [9.17, 15) is 0 Å². The molecule has 4 nitrogen and oxygen atoms in total. The number of rotatable bonds is 5. The molecule has 94 valence electrons. The van der Waals surface area contributed by atoms with Crippen molar-refractivity contribution in [3.8, 4) is 5.75 Å². The average Bonchev–Trinajstić information content (AvgIpc) is 2.46. The number of nitrogens with zero attached hydrogens (tertiary/aromatic N) is 1. The first-order valence-corrected chi connectivity index (χ1v) is 5.95. The Balaban J connectivity index is 1.97. The summed E-state index contributed by atoms with van der Waals surface area (Å²) in [5, 5.41) is 0. The number of aromatic nitrogens is 1. The second-order valence-corrected chi connectivity index (χ2v) is 3.97. The quantitative estimate of drug-likeness (QED) is 0.625. The Morgan fingerprint density at radius 3 is 2.67 bits per heavy atom. The van der Waals surface area contributed by atoms with Crippen molar-refractivity contribution in [2.75, 3.05) is 5.43 Å². The minimum absolute atomic E-state index is 0.432. The van der Waals surface area contributed by atoms with Gasteiger partial charge in [-0.2, -0.15) is 0 Å². The summed E-state index contributed by atoms with van der Waals surface area (Å²) in [6, 6.07) is 11.8. The highest BCUT2D eigenvalue weighted by Crippen LogP contribution is 2.15. The molecule has 0 unspecified atom stereocenters. The Morgan fingerprint density at radius 1 is 1.22 bits per heavy atom. The van der Waals surface area contributed by atoms with Crippen molar-refractivity contribution < 1.29 is 4.74 Å². The fourth-order valence-electron chi connectivity index (χ4n) is 1.63. The van der Waals surface area contributed by atoms with Crippen LogP contribution in [0.1, 0.15) is 18.2 Å². The predicted molar refractivity (Wildman–Crippen MR) is 72.2 cm³/mol. The van der Waals surface area contributed by atoms with Crippen LogP contribution in [-0.2, 0) is 13.0 Å². The lowest BCUT2D eigenvalue weighted by Gasteiger charge is -2.07. The number of ether oxygens (including phenoxy) is 1. The molecule has 0 radical (unpaired) electrons. The summed E-state index contributed by atoms with van der Waals surface area (Å²) in [5.41, 5.74) is 5.55. The molecule has 0 amide bonds. The number of hydrogen-bond acceptors (Lipinski definition) is 4.